The van der Waals surface area contributed by atoms with Crippen molar-refractivity contribution >= 4 is 0 Å². The largest absolute Gasteiger partial charge is 0.380 e. The van der Waals surface area contributed by atoms with E-state index in [1.54, 1.807) is 0 Å². The van der Waals surface area contributed by atoms with Crippen LogP contribution in [0.1, 0.15) is 40.0 Å². The lowest BCUT2D eigenvalue weighted by Gasteiger charge is -2.37. The summed E-state index contributed by atoms with van der Waals surface area (Å²) in [6, 6.07) is 0. The predicted molar refractivity (Wildman–Crippen MR) is 56.0 cm³/mol. The third-order valence-corrected chi connectivity index (χ3v) is 3.36. The topological polar surface area (TPSA) is 12.5 Å². The molecule has 0 saturated carbocycles. The number of hydrogen-bond acceptors (Lipinski definition) is 2. The SMILES string of the molecule is CCOCC1(CC)CCCN1CC. The van der Waals surface area contributed by atoms with E-state index in [9.17, 15) is 0 Å². The van der Waals surface area contributed by atoms with E-state index in [1.165, 1.54) is 32.4 Å². The van der Waals surface area contributed by atoms with Crippen molar-refractivity contribution in [3.63, 3.8) is 0 Å². The van der Waals surface area contributed by atoms with Gasteiger partial charge >= 0.3 is 0 Å². The molecule has 1 unspecified atom stereocenters. The maximum atomic E-state index is 5.60. The third-order valence-electron chi connectivity index (χ3n) is 3.36. The highest BCUT2D eigenvalue weighted by atomic mass is 16.5. The van der Waals surface area contributed by atoms with Gasteiger partial charge in [0, 0.05) is 12.1 Å². The predicted octanol–water partition coefficient (Wildman–Crippen LogP) is 2.29. The summed E-state index contributed by atoms with van der Waals surface area (Å²) in [5.74, 6) is 0. The Labute approximate surface area is 82.3 Å². The Bertz CT molecular complexity index is 149. The molecule has 0 aromatic carbocycles. The molecule has 0 amide bonds. The summed E-state index contributed by atoms with van der Waals surface area (Å²) >= 11 is 0. The molecule has 1 fully saturated rings. The van der Waals surface area contributed by atoms with Crippen molar-refractivity contribution in [2.45, 2.75) is 45.6 Å². The summed E-state index contributed by atoms with van der Waals surface area (Å²) in [5.41, 5.74) is 0.366. The molecule has 0 N–H and O–H groups in total. The molecule has 0 aromatic heterocycles. The number of rotatable bonds is 5. The molecule has 2 nitrogen and oxygen atoms in total. The summed E-state index contributed by atoms with van der Waals surface area (Å²) in [6.45, 7) is 10.8. The first-order chi connectivity index (χ1) is 6.29. The molecule has 2 heteroatoms. The van der Waals surface area contributed by atoms with Gasteiger partial charge in [0.05, 0.1) is 6.61 Å². The quantitative estimate of drug-likeness (QED) is 0.651. The lowest BCUT2D eigenvalue weighted by Crippen LogP contribution is -2.47. The molecule has 0 radical (unpaired) electrons. The summed E-state index contributed by atoms with van der Waals surface area (Å²) in [4.78, 5) is 2.59. The van der Waals surface area contributed by atoms with Crippen LogP contribution in [0.5, 0.6) is 0 Å². The fourth-order valence-electron chi connectivity index (χ4n) is 2.45. The normalized spacial score (nSPS) is 29.8. The van der Waals surface area contributed by atoms with E-state index in [-0.39, 0.29) is 0 Å². The van der Waals surface area contributed by atoms with Crippen molar-refractivity contribution in [2.75, 3.05) is 26.3 Å². The minimum atomic E-state index is 0.366. The average molecular weight is 185 g/mol. The third kappa shape index (κ3) is 2.23. The van der Waals surface area contributed by atoms with E-state index in [2.05, 4.69) is 25.7 Å². The number of ether oxygens (including phenoxy) is 1. The Balaban J connectivity index is 2.55. The van der Waals surface area contributed by atoms with Gasteiger partial charge in [0.2, 0.25) is 0 Å². The molecule has 1 aliphatic rings. The van der Waals surface area contributed by atoms with Gasteiger partial charge in [0.25, 0.3) is 0 Å². The van der Waals surface area contributed by atoms with Crippen LogP contribution in [-0.2, 0) is 4.74 Å². The summed E-state index contributed by atoms with van der Waals surface area (Å²) in [7, 11) is 0. The molecule has 0 spiro atoms. The Hall–Kier alpha value is -0.0800. The fraction of sp³-hybridized carbons (Fsp3) is 1.00. The van der Waals surface area contributed by atoms with Crippen LogP contribution in [-0.4, -0.2) is 36.7 Å². The van der Waals surface area contributed by atoms with E-state index >= 15 is 0 Å². The lowest BCUT2D eigenvalue weighted by atomic mass is 9.94. The van der Waals surface area contributed by atoms with Crippen molar-refractivity contribution < 1.29 is 4.74 Å². The Kier molecular flexibility index (Phi) is 4.20. The minimum absolute atomic E-state index is 0.366. The minimum Gasteiger partial charge on any atom is -0.380 e. The van der Waals surface area contributed by atoms with Gasteiger partial charge in [-0.25, -0.2) is 0 Å². The van der Waals surface area contributed by atoms with Gasteiger partial charge in [-0.15, -0.1) is 0 Å². The van der Waals surface area contributed by atoms with Crippen molar-refractivity contribution in [1.29, 1.82) is 0 Å². The van der Waals surface area contributed by atoms with Crippen LogP contribution in [0, 0.1) is 0 Å². The van der Waals surface area contributed by atoms with Crippen molar-refractivity contribution in [1.82, 2.24) is 4.90 Å². The lowest BCUT2D eigenvalue weighted by molar-refractivity contribution is 0.0189. The highest BCUT2D eigenvalue weighted by molar-refractivity contribution is 4.94. The smallest absolute Gasteiger partial charge is 0.0650 e. The number of nitrogens with zero attached hydrogens (tertiary/aromatic N) is 1. The second-order valence-electron chi connectivity index (χ2n) is 3.90. The van der Waals surface area contributed by atoms with E-state index < -0.39 is 0 Å². The molecule has 1 heterocycles. The summed E-state index contributed by atoms with van der Waals surface area (Å²) in [5, 5.41) is 0. The van der Waals surface area contributed by atoms with Gasteiger partial charge in [-0.1, -0.05) is 13.8 Å². The molecule has 1 atom stereocenters. The molecule has 78 valence electrons. The van der Waals surface area contributed by atoms with Gasteiger partial charge in [-0.05, 0) is 39.3 Å². The van der Waals surface area contributed by atoms with Crippen LogP contribution < -0.4 is 0 Å². The van der Waals surface area contributed by atoms with Crippen molar-refractivity contribution in [3.05, 3.63) is 0 Å². The van der Waals surface area contributed by atoms with Crippen molar-refractivity contribution in [2.24, 2.45) is 0 Å². The highest BCUT2D eigenvalue weighted by Crippen LogP contribution is 2.32. The summed E-state index contributed by atoms with van der Waals surface area (Å²) in [6.07, 6.45) is 3.88. The molecular formula is C11H23NO. The highest BCUT2D eigenvalue weighted by Gasteiger charge is 2.38. The molecule has 1 saturated heterocycles. The van der Waals surface area contributed by atoms with Crippen LogP contribution in [0.2, 0.25) is 0 Å². The van der Waals surface area contributed by atoms with Gasteiger partial charge in [0.15, 0.2) is 0 Å². The second-order valence-corrected chi connectivity index (χ2v) is 3.90. The molecule has 1 aliphatic heterocycles. The Morgan fingerprint density at radius 1 is 1.31 bits per heavy atom. The second kappa shape index (κ2) is 4.97. The number of hydrogen-bond donors (Lipinski definition) is 0. The van der Waals surface area contributed by atoms with E-state index in [1.807, 2.05) is 0 Å². The number of likely N-dealkylation sites (tertiary alicyclic amines) is 1. The maximum Gasteiger partial charge on any atom is 0.0650 e. The van der Waals surface area contributed by atoms with Gasteiger partial charge in [0.1, 0.15) is 0 Å². The van der Waals surface area contributed by atoms with Crippen LogP contribution >= 0.6 is 0 Å². The summed E-state index contributed by atoms with van der Waals surface area (Å²) < 4.78 is 5.60. The molecule has 0 aromatic rings. The monoisotopic (exact) mass is 185 g/mol. The Morgan fingerprint density at radius 2 is 2.08 bits per heavy atom. The first kappa shape index (κ1) is 11.0. The Morgan fingerprint density at radius 3 is 2.62 bits per heavy atom. The van der Waals surface area contributed by atoms with Gasteiger partial charge in [-0.2, -0.15) is 0 Å². The average Bonchev–Trinajstić information content (AvgIpc) is 2.58. The number of likely N-dealkylation sites (N-methyl/N-ethyl adjacent to an activating group) is 1. The van der Waals surface area contributed by atoms with Crippen LogP contribution in [0.4, 0.5) is 0 Å². The van der Waals surface area contributed by atoms with Crippen LogP contribution in [0.15, 0.2) is 0 Å². The van der Waals surface area contributed by atoms with Gasteiger partial charge in [-0.3, -0.25) is 4.90 Å². The fourth-order valence-corrected chi connectivity index (χ4v) is 2.45. The first-order valence-corrected chi connectivity index (χ1v) is 5.62. The van der Waals surface area contributed by atoms with Crippen LogP contribution in [0.3, 0.4) is 0 Å². The maximum absolute atomic E-state index is 5.60. The molecule has 13 heavy (non-hydrogen) atoms. The standard InChI is InChI=1S/C11H23NO/c1-4-11(10-13-6-3)8-7-9-12(11)5-2/h4-10H2,1-3H3. The van der Waals surface area contributed by atoms with E-state index in [0.29, 0.717) is 5.54 Å². The zero-order valence-electron chi connectivity index (χ0n) is 9.31. The van der Waals surface area contributed by atoms with Gasteiger partial charge < -0.3 is 4.74 Å². The molecule has 0 bridgehead atoms. The van der Waals surface area contributed by atoms with E-state index in [4.69, 9.17) is 4.74 Å². The zero-order chi connectivity index (χ0) is 9.73. The first-order valence-electron chi connectivity index (χ1n) is 5.62. The molecule has 0 aliphatic carbocycles. The van der Waals surface area contributed by atoms with Crippen LogP contribution in [0.25, 0.3) is 0 Å². The van der Waals surface area contributed by atoms with Crippen molar-refractivity contribution in [3.8, 4) is 0 Å². The van der Waals surface area contributed by atoms with E-state index in [0.717, 1.165) is 13.2 Å². The zero-order valence-corrected chi connectivity index (χ0v) is 9.31. The molecule has 1 rings (SSSR count). The molecular weight excluding hydrogens is 162 g/mol.